The number of hydrogen-bond acceptors (Lipinski definition) is 6. The van der Waals surface area contributed by atoms with Gasteiger partial charge in [0.25, 0.3) is 11.8 Å². The van der Waals surface area contributed by atoms with Crippen LogP contribution in [0.3, 0.4) is 0 Å². The molecule has 3 aromatic rings. The number of benzene rings is 3. The van der Waals surface area contributed by atoms with E-state index in [9.17, 15) is 19.8 Å². The van der Waals surface area contributed by atoms with Gasteiger partial charge in [-0.15, -0.1) is 0 Å². The molecular weight excluding hydrogens is 480 g/mol. The Morgan fingerprint density at radius 2 is 1.03 bits per heavy atom. The molecular formula is C30H38N4O4. The quantitative estimate of drug-likeness (QED) is 0.192. The smallest absolute Gasteiger partial charge is 0.255 e. The SMILES string of the molecule is CN(CCCNC(=O)c1cc(O)c(C(=O)NCCCN(C)Cc2ccccc2)cc1O)Cc1ccccc1. The number of amides is 2. The number of rotatable bonds is 14. The largest absolute Gasteiger partial charge is 0.507 e. The van der Waals surface area contributed by atoms with Crippen molar-refractivity contribution in [3.63, 3.8) is 0 Å². The van der Waals surface area contributed by atoms with Crippen LogP contribution in [0.15, 0.2) is 72.8 Å². The Labute approximate surface area is 224 Å². The monoisotopic (exact) mass is 518 g/mol. The van der Waals surface area contributed by atoms with E-state index < -0.39 is 11.8 Å². The molecule has 0 bridgehead atoms. The van der Waals surface area contributed by atoms with Crippen LogP contribution < -0.4 is 10.6 Å². The highest BCUT2D eigenvalue weighted by atomic mass is 16.3. The summed E-state index contributed by atoms with van der Waals surface area (Å²) in [5.74, 6) is -1.71. The van der Waals surface area contributed by atoms with Crippen LogP contribution in [0.2, 0.25) is 0 Å². The molecule has 4 N–H and O–H groups in total. The van der Waals surface area contributed by atoms with E-state index in [0.717, 1.165) is 51.2 Å². The topological polar surface area (TPSA) is 105 Å². The van der Waals surface area contributed by atoms with E-state index in [2.05, 4.69) is 44.7 Å². The normalized spacial score (nSPS) is 11.1. The summed E-state index contributed by atoms with van der Waals surface area (Å²) >= 11 is 0. The lowest BCUT2D eigenvalue weighted by Gasteiger charge is -2.17. The minimum atomic E-state index is -0.503. The Bertz CT molecular complexity index is 1080. The number of phenols is 2. The molecule has 38 heavy (non-hydrogen) atoms. The summed E-state index contributed by atoms with van der Waals surface area (Å²) in [5, 5.41) is 26.2. The Hall–Kier alpha value is -3.88. The molecule has 0 aromatic heterocycles. The third-order valence-corrected chi connectivity index (χ3v) is 6.20. The molecule has 8 heteroatoms. The number of hydrogen-bond donors (Lipinski definition) is 4. The first-order valence-electron chi connectivity index (χ1n) is 12.9. The summed E-state index contributed by atoms with van der Waals surface area (Å²) in [6.45, 7) is 4.04. The molecule has 2 amide bonds. The van der Waals surface area contributed by atoms with E-state index in [4.69, 9.17) is 0 Å². The van der Waals surface area contributed by atoms with Crippen LogP contribution >= 0.6 is 0 Å². The van der Waals surface area contributed by atoms with Crippen molar-refractivity contribution < 1.29 is 19.8 Å². The van der Waals surface area contributed by atoms with Gasteiger partial charge in [-0.1, -0.05) is 60.7 Å². The van der Waals surface area contributed by atoms with E-state index in [1.165, 1.54) is 11.1 Å². The lowest BCUT2D eigenvalue weighted by Crippen LogP contribution is -2.29. The molecule has 0 spiro atoms. The summed E-state index contributed by atoms with van der Waals surface area (Å²) in [7, 11) is 4.04. The molecule has 8 nitrogen and oxygen atoms in total. The second-order valence-electron chi connectivity index (χ2n) is 9.55. The maximum Gasteiger partial charge on any atom is 0.255 e. The maximum atomic E-state index is 12.5. The van der Waals surface area contributed by atoms with E-state index in [1.54, 1.807) is 0 Å². The summed E-state index contributed by atoms with van der Waals surface area (Å²) in [4.78, 5) is 29.4. The second-order valence-corrected chi connectivity index (χ2v) is 9.55. The van der Waals surface area contributed by atoms with Crippen LogP contribution in [0.1, 0.15) is 44.7 Å². The Kier molecular flexibility index (Phi) is 11.1. The van der Waals surface area contributed by atoms with E-state index in [-0.39, 0.29) is 22.6 Å². The molecule has 0 unspecified atom stereocenters. The second kappa shape index (κ2) is 14.8. The molecule has 202 valence electrons. The fourth-order valence-electron chi connectivity index (χ4n) is 4.18. The number of carbonyl (C=O) groups excluding carboxylic acids is 2. The first kappa shape index (κ1) is 28.7. The van der Waals surface area contributed by atoms with Gasteiger partial charge in [-0.25, -0.2) is 0 Å². The van der Waals surface area contributed by atoms with Crippen molar-refractivity contribution in [3.05, 3.63) is 95.1 Å². The molecule has 0 saturated heterocycles. The van der Waals surface area contributed by atoms with Crippen LogP contribution in [0.5, 0.6) is 11.5 Å². The molecule has 0 aliphatic carbocycles. The zero-order valence-electron chi connectivity index (χ0n) is 22.2. The summed E-state index contributed by atoms with van der Waals surface area (Å²) in [5.41, 5.74) is 2.30. The Balaban J connectivity index is 1.40. The van der Waals surface area contributed by atoms with Gasteiger partial charge in [0, 0.05) is 26.2 Å². The van der Waals surface area contributed by atoms with Gasteiger partial charge in [0.15, 0.2) is 0 Å². The summed E-state index contributed by atoms with van der Waals surface area (Å²) in [6, 6.07) is 22.6. The summed E-state index contributed by atoms with van der Waals surface area (Å²) < 4.78 is 0. The minimum absolute atomic E-state index is 0.0702. The predicted molar refractivity (Wildman–Crippen MR) is 149 cm³/mol. The van der Waals surface area contributed by atoms with Crippen molar-refractivity contribution in [2.75, 3.05) is 40.3 Å². The number of aromatic hydroxyl groups is 2. The van der Waals surface area contributed by atoms with Crippen molar-refractivity contribution in [1.82, 2.24) is 20.4 Å². The first-order chi connectivity index (χ1) is 18.3. The molecule has 0 radical (unpaired) electrons. The molecule has 0 atom stereocenters. The number of carbonyl (C=O) groups is 2. The molecule has 3 aromatic carbocycles. The van der Waals surface area contributed by atoms with Gasteiger partial charge in [-0.05, 0) is 63.3 Å². The van der Waals surface area contributed by atoms with Gasteiger partial charge in [-0.2, -0.15) is 0 Å². The molecule has 0 aliphatic heterocycles. The number of phenolic OH excluding ortho intramolecular Hbond substituents is 2. The maximum absolute atomic E-state index is 12.5. The minimum Gasteiger partial charge on any atom is -0.507 e. The lowest BCUT2D eigenvalue weighted by atomic mass is 10.1. The molecule has 0 saturated carbocycles. The standard InChI is InChI=1S/C30H38N4O4/c1-33(21-23-11-5-3-6-12-23)17-9-15-31-29(37)25-19-28(36)26(20-27(25)35)30(38)32-16-10-18-34(2)22-24-13-7-4-8-14-24/h3-8,11-14,19-20,35-36H,9-10,15-18,21-22H2,1-2H3,(H,31,37)(H,32,38). The van der Waals surface area contributed by atoms with Gasteiger partial charge < -0.3 is 30.6 Å². The van der Waals surface area contributed by atoms with Crippen LogP contribution in [0, 0.1) is 0 Å². The van der Waals surface area contributed by atoms with E-state index in [1.807, 2.05) is 50.5 Å². The average molecular weight is 519 g/mol. The average Bonchev–Trinajstić information content (AvgIpc) is 2.91. The van der Waals surface area contributed by atoms with Gasteiger partial charge in [-0.3, -0.25) is 9.59 Å². The highest BCUT2D eigenvalue weighted by Crippen LogP contribution is 2.27. The highest BCUT2D eigenvalue weighted by molar-refractivity contribution is 6.02. The van der Waals surface area contributed by atoms with Crippen LogP contribution in [0.4, 0.5) is 0 Å². The van der Waals surface area contributed by atoms with Gasteiger partial charge in [0.1, 0.15) is 11.5 Å². The van der Waals surface area contributed by atoms with E-state index in [0.29, 0.717) is 13.1 Å². The molecule has 0 heterocycles. The number of nitrogens with zero attached hydrogens (tertiary/aromatic N) is 2. The summed E-state index contributed by atoms with van der Waals surface area (Å²) in [6.07, 6.45) is 1.45. The lowest BCUT2D eigenvalue weighted by molar-refractivity contribution is 0.0934. The first-order valence-corrected chi connectivity index (χ1v) is 12.9. The molecule has 0 fully saturated rings. The third kappa shape index (κ3) is 9.21. The van der Waals surface area contributed by atoms with Crippen LogP contribution in [-0.4, -0.2) is 72.1 Å². The Morgan fingerprint density at radius 1 is 0.658 bits per heavy atom. The van der Waals surface area contributed by atoms with Gasteiger partial charge in [0.05, 0.1) is 11.1 Å². The highest BCUT2D eigenvalue weighted by Gasteiger charge is 2.19. The predicted octanol–water partition coefficient (Wildman–Crippen LogP) is 3.60. The van der Waals surface area contributed by atoms with Crippen molar-refractivity contribution >= 4 is 11.8 Å². The molecule has 0 aliphatic rings. The van der Waals surface area contributed by atoms with Crippen LogP contribution in [0.25, 0.3) is 0 Å². The van der Waals surface area contributed by atoms with Crippen molar-refractivity contribution in [3.8, 4) is 11.5 Å². The fourth-order valence-corrected chi connectivity index (χ4v) is 4.18. The van der Waals surface area contributed by atoms with Crippen molar-refractivity contribution in [2.45, 2.75) is 25.9 Å². The molecule has 3 rings (SSSR count). The van der Waals surface area contributed by atoms with Crippen LogP contribution in [-0.2, 0) is 13.1 Å². The zero-order chi connectivity index (χ0) is 27.3. The fraction of sp³-hybridized carbons (Fsp3) is 0.333. The Morgan fingerprint density at radius 3 is 1.39 bits per heavy atom. The van der Waals surface area contributed by atoms with Gasteiger partial charge in [0.2, 0.25) is 0 Å². The van der Waals surface area contributed by atoms with Crippen molar-refractivity contribution in [2.24, 2.45) is 0 Å². The van der Waals surface area contributed by atoms with Crippen molar-refractivity contribution in [1.29, 1.82) is 0 Å². The van der Waals surface area contributed by atoms with Gasteiger partial charge >= 0.3 is 0 Å². The number of nitrogens with one attached hydrogen (secondary N) is 2. The van der Waals surface area contributed by atoms with E-state index >= 15 is 0 Å². The third-order valence-electron chi connectivity index (χ3n) is 6.20. The zero-order valence-corrected chi connectivity index (χ0v) is 22.2.